The van der Waals surface area contributed by atoms with Crippen LogP contribution in [-0.4, -0.2) is 36.4 Å². The third kappa shape index (κ3) is 3.96. The minimum Gasteiger partial charge on any atom is -0.385 e. The molecule has 1 fully saturated rings. The highest BCUT2D eigenvalue weighted by atomic mass is 16.5. The zero-order chi connectivity index (χ0) is 12.8. The fraction of sp³-hybridized carbons (Fsp3) is 0.583. The van der Waals surface area contributed by atoms with Crippen LogP contribution in [0, 0.1) is 5.92 Å². The number of anilines is 2. The lowest BCUT2D eigenvalue weighted by Gasteiger charge is -2.06. The number of nitrogens with zero attached hydrogens (tertiary/aromatic N) is 2. The maximum absolute atomic E-state index is 11.5. The normalized spacial score (nSPS) is 14.3. The van der Waals surface area contributed by atoms with E-state index in [1.165, 1.54) is 0 Å². The molecule has 0 radical (unpaired) electrons. The van der Waals surface area contributed by atoms with Gasteiger partial charge < -0.3 is 15.4 Å². The molecule has 1 heterocycles. The van der Waals surface area contributed by atoms with Crippen molar-refractivity contribution in [2.24, 2.45) is 5.92 Å². The summed E-state index contributed by atoms with van der Waals surface area (Å²) in [4.78, 5) is 11.5. The van der Waals surface area contributed by atoms with Gasteiger partial charge in [-0.15, -0.1) is 10.2 Å². The zero-order valence-electron chi connectivity index (χ0n) is 10.5. The van der Waals surface area contributed by atoms with Crippen LogP contribution in [-0.2, 0) is 9.53 Å². The molecule has 0 aromatic carbocycles. The third-order valence-corrected chi connectivity index (χ3v) is 2.70. The highest BCUT2D eigenvalue weighted by Gasteiger charge is 2.29. The number of methoxy groups -OCH3 is 1. The highest BCUT2D eigenvalue weighted by Crippen LogP contribution is 2.29. The van der Waals surface area contributed by atoms with Crippen LogP contribution in [0.4, 0.5) is 11.6 Å². The van der Waals surface area contributed by atoms with Crippen LogP contribution in [0.3, 0.4) is 0 Å². The Morgan fingerprint density at radius 3 is 2.72 bits per heavy atom. The van der Waals surface area contributed by atoms with E-state index in [0.717, 1.165) is 32.4 Å². The van der Waals surface area contributed by atoms with Crippen LogP contribution in [0.15, 0.2) is 12.1 Å². The van der Waals surface area contributed by atoms with Crippen LogP contribution in [0.5, 0.6) is 0 Å². The van der Waals surface area contributed by atoms with Crippen LogP contribution < -0.4 is 10.6 Å². The molecule has 6 nitrogen and oxygen atoms in total. The number of hydrogen-bond donors (Lipinski definition) is 2. The third-order valence-electron chi connectivity index (χ3n) is 2.70. The Kier molecular flexibility index (Phi) is 4.46. The van der Waals surface area contributed by atoms with Crippen LogP contribution >= 0.6 is 0 Å². The van der Waals surface area contributed by atoms with E-state index >= 15 is 0 Å². The topological polar surface area (TPSA) is 76.1 Å². The second-order valence-corrected chi connectivity index (χ2v) is 4.34. The lowest BCUT2D eigenvalue weighted by Crippen LogP contribution is -2.15. The highest BCUT2D eigenvalue weighted by molar-refractivity contribution is 5.93. The van der Waals surface area contributed by atoms with Gasteiger partial charge in [-0.05, 0) is 31.4 Å². The summed E-state index contributed by atoms with van der Waals surface area (Å²) in [5, 5.41) is 13.8. The van der Waals surface area contributed by atoms with Gasteiger partial charge in [0.15, 0.2) is 5.82 Å². The fourth-order valence-corrected chi connectivity index (χ4v) is 1.50. The molecule has 0 atom stereocenters. The van der Waals surface area contributed by atoms with Crippen molar-refractivity contribution in [2.45, 2.75) is 19.3 Å². The summed E-state index contributed by atoms with van der Waals surface area (Å²) in [6.45, 7) is 1.51. The van der Waals surface area contributed by atoms with E-state index in [9.17, 15) is 4.79 Å². The minimum atomic E-state index is 0.0464. The number of amides is 1. The number of rotatable bonds is 7. The smallest absolute Gasteiger partial charge is 0.228 e. The van der Waals surface area contributed by atoms with Crippen molar-refractivity contribution in [1.29, 1.82) is 0 Å². The predicted molar refractivity (Wildman–Crippen MR) is 68.4 cm³/mol. The molecule has 2 N–H and O–H groups in total. The molecular weight excluding hydrogens is 232 g/mol. The van der Waals surface area contributed by atoms with E-state index in [1.807, 2.05) is 6.07 Å². The second-order valence-electron chi connectivity index (χ2n) is 4.34. The number of nitrogens with one attached hydrogen (secondary N) is 2. The number of hydrogen-bond acceptors (Lipinski definition) is 5. The molecule has 0 spiro atoms. The predicted octanol–water partition coefficient (Wildman–Crippen LogP) is 1.27. The summed E-state index contributed by atoms with van der Waals surface area (Å²) >= 11 is 0. The molecule has 1 aliphatic rings. The van der Waals surface area contributed by atoms with Gasteiger partial charge in [0, 0.05) is 26.2 Å². The average molecular weight is 250 g/mol. The lowest BCUT2D eigenvalue weighted by atomic mass is 10.4. The van der Waals surface area contributed by atoms with Gasteiger partial charge in [-0.2, -0.15) is 0 Å². The number of aromatic nitrogens is 2. The first-order valence-electron chi connectivity index (χ1n) is 6.17. The Morgan fingerprint density at radius 2 is 2.11 bits per heavy atom. The molecular formula is C12H18N4O2. The first-order valence-corrected chi connectivity index (χ1v) is 6.17. The Bertz CT molecular complexity index is 390. The first-order chi connectivity index (χ1) is 8.79. The van der Waals surface area contributed by atoms with Crippen molar-refractivity contribution in [1.82, 2.24) is 10.2 Å². The molecule has 2 rings (SSSR count). The largest absolute Gasteiger partial charge is 0.385 e. The van der Waals surface area contributed by atoms with Crippen LogP contribution in [0.2, 0.25) is 0 Å². The van der Waals surface area contributed by atoms with Crippen molar-refractivity contribution in [3.8, 4) is 0 Å². The molecule has 1 aliphatic carbocycles. The van der Waals surface area contributed by atoms with E-state index in [4.69, 9.17) is 4.74 Å². The lowest BCUT2D eigenvalue weighted by molar-refractivity contribution is -0.117. The van der Waals surface area contributed by atoms with Crippen molar-refractivity contribution >= 4 is 17.5 Å². The Morgan fingerprint density at radius 1 is 1.39 bits per heavy atom. The van der Waals surface area contributed by atoms with Gasteiger partial charge in [-0.25, -0.2) is 0 Å². The molecule has 0 bridgehead atoms. The summed E-state index contributed by atoms with van der Waals surface area (Å²) in [6, 6.07) is 3.56. The van der Waals surface area contributed by atoms with Crippen molar-refractivity contribution < 1.29 is 9.53 Å². The standard InChI is InChI=1S/C12H18N4O2/c1-18-8-2-7-13-10-5-6-11(16-15-10)14-12(17)9-3-4-9/h5-6,9H,2-4,7-8H2,1H3,(H,13,15)(H,14,16,17). The van der Waals surface area contributed by atoms with E-state index < -0.39 is 0 Å². The molecule has 0 unspecified atom stereocenters. The molecule has 0 saturated heterocycles. The first kappa shape index (κ1) is 12.8. The Hall–Kier alpha value is -1.69. The van der Waals surface area contributed by atoms with Gasteiger partial charge in [0.05, 0.1) is 0 Å². The van der Waals surface area contributed by atoms with Crippen LogP contribution in [0.1, 0.15) is 19.3 Å². The number of ether oxygens (including phenoxy) is 1. The molecule has 18 heavy (non-hydrogen) atoms. The van der Waals surface area contributed by atoms with E-state index in [0.29, 0.717) is 11.6 Å². The minimum absolute atomic E-state index is 0.0464. The van der Waals surface area contributed by atoms with Crippen LogP contribution in [0.25, 0.3) is 0 Å². The van der Waals surface area contributed by atoms with Crippen molar-refractivity contribution in [2.75, 3.05) is 30.9 Å². The van der Waals surface area contributed by atoms with E-state index in [-0.39, 0.29) is 11.8 Å². The summed E-state index contributed by atoms with van der Waals surface area (Å²) in [6.07, 6.45) is 2.88. The van der Waals surface area contributed by atoms with Gasteiger partial charge in [0.25, 0.3) is 0 Å². The van der Waals surface area contributed by atoms with Crippen molar-refractivity contribution in [3.05, 3.63) is 12.1 Å². The number of carbonyl (C=O) groups is 1. The van der Waals surface area contributed by atoms with Gasteiger partial charge in [-0.1, -0.05) is 0 Å². The Labute approximate surface area is 106 Å². The molecule has 1 aromatic rings. The summed E-state index contributed by atoms with van der Waals surface area (Å²) in [5.41, 5.74) is 0. The second kappa shape index (κ2) is 6.30. The van der Waals surface area contributed by atoms with E-state index in [2.05, 4.69) is 20.8 Å². The Balaban J connectivity index is 1.75. The SMILES string of the molecule is COCCCNc1ccc(NC(=O)C2CC2)nn1. The molecule has 1 amide bonds. The molecule has 1 saturated carbocycles. The molecule has 98 valence electrons. The molecule has 0 aliphatic heterocycles. The van der Waals surface area contributed by atoms with Gasteiger partial charge >= 0.3 is 0 Å². The number of carbonyl (C=O) groups excluding carboxylic acids is 1. The molecule has 6 heteroatoms. The fourth-order valence-electron chi connectivity index (χ4n) is 1.50. The summed E-state index contributed by atoms with van der Waals surface area (Å²) in [7, 11) is 1.68. The maximum atomic E-state index is 11.5. The van der Waals surface area contributed by atoms with Gasteiger partial charge in [0.2, 0.25) is 5.91 Å². The van der Waals surface area contributed by atoms with Gasteiger partial charge in [0.1, 0.15) is 5.82 Å². The molecule has 1 aromatic heterocycles. The zero-order valence-corrected chi connectivity index (χ0v) is 10.5. The summed E-state index contributed by atoms with van der Waals surface area (Å²) in [5.74, 6) is 1.44. The monoisotopic (exact) mass is 250 g/mol. The van der Waals surface area contributed by atoms with Gasteiger partial charge in [-0.3, -0.25) is 4.79 Å². The maximum Gasteiger partial charge on any atom is 0.228 e. The summed E-state index contributed by atoms with van der Waals surface area (Å²) < 4.78 is 4.95. The van der Waals surface area contributed by atoms with Crippen molar-refractivity contribution in [3.63, 3.8) is 0 Å². The average Bonchev–Trinajstić information content (AvgIpc) is 3.21. The quantitative estimate of drug-likeness (QED) is 0.713. The van der Waals surface area contributed by atoms with E-state index in [1.54, 1.807) is 13.2 Å².